The van der Waals surface area contributed by atoms with Crippen LogP contribution in [0.4, 0.5) is 21.9 Å². The fraction of sp³-hybridized carbons (Fsp3) is 0.348. The number of halogens is 1. The molecule has 9 nitrogen and oxygen atoms in total. The number of amides is 3. The van der Waals surface area contributed by atoms with E-state index in [1.165, 1.54) is 16.2 Å². The number of benzene rings is 1. The van der Waals surface area contributed by atoms with Gasteiger partial charge in [-0.05, 0) is 45.1 Å². The van der Waals surface area contributed by atoms with Crippen LogP contribution >= 0.6 is 22.9 Å². The number of fused-ring (bicyclic) bond motifs is 1. The number of carbonyl (C=O) groups is 2. The average molecular weight is 500 g/mol. The van der Waals surface area contributed by atoms with Crippen molar-refractivity contribution in [1.29, 1.82) is 0 Å². The summed E-state index contributed by atoms with van der Waals surface area (Å²) in [4.78, 5) is 38.1. The molecule has 1 N–H and O–H groups in total. The Bertz CT molecular complexity index is 1330. The third kappa shape index (κ3) is 3.20. The zero-order valence-electron chi connectivity index (χ0n) is 18.6. The summed E-state index contributed by atoms with van der Waals surface area (Å²) in [5, 5.41) is 4.00. The number of nitrogens with one attached hydrogen (secondary N) is 1. The molecule has 0 spiro atoms. The summed E-state index contributed by atoms with van der Waals surface area (Å²) in [5.41, 5.74) is 1.50. The van der Waals surface area contributed by atoms with E-state index in [1.54, 1.807) is 24.4 Å². The van der Waals surface area contributed by atoms with Crippen molar-refractivity contribution in [2.24, 2.45) is 0 Å². The standard InChI is InChI=1S/C23H22ClN5O4S/c1-27(2)12-6-9-28(10-7-12)22(30)20-17-16-14(5-8-25-21(16)34-20)29(23(31)26-17)18-13(24)3-4-15-19(18)33-11-32-15/h3-5,8,12H,6-7,9-11H2,1-2H3,(H,26,31). The summed E-state index contributed by atoms with van der Waals surface area (Å²) in [6, 6.07) is 5.18. The molecular formula is C23H22ClN5O4S. The molecule has 1 fully saturated rings. The van der Waals surface area contributed by atoms with E-state index in [0.29, 0.717) is 67.8 Å². The van der Waals surface area contributed by atoms with E-state index in [-0.39, 0.29) is 12.7 Å². The molecule has 0 unspecified atom stereocenters. The number of nitrogens with zero attached hydrogens (tertiary/aromatic N) is 4. The van der Waals surface area contributed by atoms with Gasteiger partial charge in [-0.1, -0.05) is 11.6 Å². The van der Waals surface area contributed by atoms with E-state index in [4.69, 9.17) is 21.1 Å². The lowest BCUT2D eigenvalue weighted by Crippen LogP contribution is -2.44. The average Bonchev–Trinajstić information content (AvgIpc) is 3.45. The topological polar surface area (TPSA) is 87.2 Å². The molecule has 1 saturated heterocycles. The summed E-state index contributed by atoms with van der Waals surface area (Å²) in [5.74, 6) is 0.849. The molecule has 176 valence electrons. The zero-order chi connectivity index (χ0) is 23.6. The predicted octanol–water partition coefficient (Wildman–Crippen LogP) is 4.53. The van der Waals surface area contributed by atoms with Crippen molar-refractivity contribution in [2.45, 2.75) is 18.9 Å². The highest BCUT2D eigenvalue weighted by molar-refractivity contribution is 7.21. The number of aromatic nitrogens is 1. The van der Waals surface area contributed by atoms with E-state index < -0.39 is 6.03 Å². The van der Waals surface area contributed by atoms with Crippen molar-refractivity contribution in [2.75, 3.05) is 44.2 Å². The molecule has 3 aromatic rings. The van der Waals surface area contributed by atoms with Gasteiger partial charge < -0.3 is 24.6 Å². The van der Waals surface area contributed by atoms with Crippen LogP contribution in [0, 0.1) is 0 Å². The third-order valence-electron chi connectivity index (χ3n) is 6.61. The molecule has 0 saturated carbocycles. The van der Waals surface area contributed by atoms with Crippen LogP contribution in [-0.4, -0.2) is 66.7 Å². The lowest BCUT2D eigenvalue weighted by atomic mass is 10.0. The molecule has 6 rings (SSSR count). The first-order chi connectivity index (χ1) is 16.4. The van der Waals surface area contributed by atoms with Crippen LogP contribution in [0.1, 0.15) is 22.5 Å². The number of ether oxygens (including phenoxy) is 2. The number of likely N-dealkylation sites (tertiary alicyclic amines) is 1. The van der Waals surface area contributed by atoms with Gasteiger partial charge in [-0.2, -0.15) is 0 Å². The number of urea groups is 1. The highest BCUT2D eigenvalue weighted by Gasteiger charge is 2.38. The van der Waals surface area contributed by atoms with E-state index in [2.05, 4.69) is 29.3 Å². The summed E-state index contributed by atoms with van der Waals surface area (Å²) in [7, 11) is 4.14. The van der Waals surface area contributed by atoms with Gasteiger partial charge in [0.05, 0.1) is 21.8 Å². The normalized spacial score (nSPS) is 17.6. The lowest BCUT2D eigenvalue weighted by molar-refractivity contribution is 0.0669. The molecular weight excluding hydrogens is 478 g/mol. The number of hydrogen-bond donors (Lipinski definition) is 1. The number of carbonyl (C=O) groups excluding carboxylic acids is 2. The molecule has 2 aromatic heterocycles. The van der Waals surface area contributed by atoms with Crippen molar-refractivity contribution in [3.8, 4) is 11.5 Å². The van der Waals surface area contributed by atoms with Crippen molar-refractivity contribution < 1.29 is 19.1 Å². The first kappa shape index (κ1) is 21.5. The van der Waals surface area contributed by atoms with Gasteiger partial charge in [-0.25, -0.2) is 9.78 Å². The number of hydrogen-bond acceptors (Lipinski definition) is 7. The van der Waals surface area contributed by atoms with E-state index >= 15 is 0 Å². The van der Waals surface area contributed by atoms with Gasteiger partial charge in [0.2, 0.25) is 6.79 Å². The number of anilines is 3. The monoisotopic (exact) mass is 499 g/mol. The second-order valence-electron chi connectivity index (χ2n) is 8.70. The predicted molar refractivity (Wildman–Crippen MR) is 131 cm³/mol. The minimum atomic E-state index is -0.426. The fourth-order valence-corrected chi connectivity index (χ4v) is 6.15. The maximum atomic E-state index is 13.5. The van der Waals surface area contributed by atoms with Gasteiger partial charge in [0.25, 0.3) is 5.91 Å². The van der Waals surface area contributed by atoms with Crippen LogP contribution in [-0.2, 0) is 0 Å². The Morgan fingerprint density at radius 2 is 2.03 bits per heavy atom. The van der Waals surface area contributed by atoms with Crippen LogP contribution in [0.25, 0.3) is 10.2 Å². The SMILES string of the molecule is CN(C)C1CCN(C(=O)c2sc3nccc4c3c2NC(=O)N4c2c(Cl)ccc3c2OCO3)CC1. The van der Waals surface area contributed by atoms with E-state index in [9.17, 15) is 9.59 Å². The maximum Gasteiger partial charge on any atom is 0.331 e. The largest absolute Gasteiger partial charge is 0.454 e. The van der Waals surface area contributed by atoms with Crippen molar-refractivity contribution in [3.05, 3.63) is 34.3 Å². The quantitative estimate of drug-likeness (QED) is 0.569. The number of pyridine rings is 1. The summed E-state index contributed by atoms with van der Waals surface area (Å²) >= 11 is 7.82. The highest BCUT2D eigenvalue weighted by Crippen LogP contribution is 2.52. The molecule has 3 amide bonds. The van der Waals surface area contributed by atoms with Gasteiger partial charge in [0.1, 0.15) is 15.4 Å². The second kappa shape index (κ2) is 8.00. The molecule has 5 heterocycles. The molecule has 1 aromatic carbocycles. The maximum absolute atomic E-state index is 13.5. The van der Waals surface area contributed by atoms with E-state index in [0.717, 1.165) is 12.8 Å². The Hall–Kier alpha value is -3.08. The fourth-order valence-electron chi connectivity index (χ4n) is 4.83. The summed E-state index contributed by atoms with van der Waals surface area (Å²) in [6.45, 7) is 1.41. The van der Waals surface area contributed by atoms with Crippen LogP contribution in [0.5, 0.6) is 11.5 Å². The van der Waals surface area contributed by atoms with Crippen molar-refractivity contribution in [3.63, 3.8) is 0 Å². The Morgan fingerprint density at radius 1 is 1.24 bits per heavy atom. The van der Waals surface area contributed by atoms with Crippen molar-refractivity contribution in [1.82, 2.24) is 14.8 Å². The van der Waals surface area contributed by atoms with Crippen LogP contribution in [0.3, 0.4) is 0 Å². The van der Waals surface area contributed by atoms with E-state index in [1.807, 2.05) is 4.90 Å². The van der Waals surface area contributed by atoms with Crippen LogP contribution in [0.2, 0.25) is 5.02 Å². The summed E-state index contributed by atoms with van der Waals surface area (Å²) < 4.78 is 11.1. The molecule has 11 heteroatoms. The van der Waals surface area contributed by atoms with Crippen LogP contribution in [0.15, 0.2) is 24.4 Å². The number of thiophene rings is 1. The molecule has 0 atom stereocenters. The highest BCUT2D eigenvalue weighted by atomic mass is 35.5. The molecule has 3 aliphatic rings. The smallest absolute Gasteiger partial charge is 0.331 e. The Kier molecular flexibility index (Phi) is 5.05. The summed E-state index contributed by atoms with van der Waals surface area (Å²) in [6.07, 6.45) is 3.47. The molecule has 34 heavy (non-hydrogen) atoms. The third-order valence-corrected chi connectivity index (χ3v) is 8.00. The van der Waals surface area contributed by atoms with Gasteiger partial charge in [0, 0.05) is 25.3 Å². The van der Waals surface area contributed by atoms with Gasteiger partial charge >= 0.3 is 6.03 Å². The molecule has 0 radical (unpaired) electrons. The molecule has 0 bridgehead atoms. The van der Waals surface area contributed by atoms with Gasteiger partial charge in [-0.3, -0.25) is 9.69 Å². The zero-order valence-corrected chi connectivity index (χ0v) is 20.2. The molecule has 0 aliphatic carbocycles. The second-order valence-corrected chi connectivity index (χ2v) is 10.1. The Morgan fingerprint density at radius 3 is 2.79 bits per heavy atom. The van der Waals surface area contributed by atoms with Crippen molar-refractivity contribution >= 4 is 62.2 Å². The van der Waals surface area contributed by atoms with Crippen LogP contribution < -0.4 is 19.7 Å². The first-order valence-electron chi connectivity index (χ1n) is 11.0. The Balaban J connectivity index is 1.42. The van der Waals surface area contributed by atoms with Gasteiger partial charge in [-0.15, -0.1) is 11.3 Å². The molecule has 3 aliphatic heterocycles. The number of rotatable bonds is 3. The Labute approximate surface area is 204 Å². The van der Waals surface area contributed by atoms with Gasteiger partial charge in [0.15, 0.2) is 11.5 Å². The lowest BCUT2D eigenvalue weighted by Gasteiger charge is -2.35. The minimum Gasteiger partial charge on any atom is -0.454 e. The first-order valence-corrected chi connectivity index (χ1v) is 12.2. The number of piperidine rings is 1. The minimum absolute atomic E-state index is 0.0523.